The molecule has 1 rings (SSSR count). The lowest BCUT2D eigenvalue weighted by Crippen LogP contribution is -2.35. The normalized spacial score (nSPS) is 21.2. The molecule has 0 aromatic heterocycles. The molecule has 1 fully saturated rings. The summed E-state index contributed by atoms with van der Waals surface area (Å²) in [4.78, 5) is 5.67. The average molecular weight is 185 g/mol. The number of rotatable bonds is 5. The van der Waals surface area contributed by atoms with Gasteiger partial charge in [-0.15, -0.1) is 0 Å². The van der Waals surface area contributed by atoms with Crippen molar-refractivity contribution in [3.05, 3.63) is 0 Å². The van der Waals surface area contributed by atoms with Crippen molar-refractivity contribution in [2.75, 3.05) is 0 Å². The molecule has 0 aromatic carbocycles. The van der Waals surface area contributed by atoms with Crippen molar-refractivity contribution in [1.29, 1.82) is 0 Å². The molecule has 1 unspecified atom stereocenters. The Morgan fingerprint density at radius 2 is 1.92 bits per heavy atom. The van der Waals surface area contributed by atoms with Crippen molar-refractivity contribution >= 4 is 0 Å². The number of nitrogens with one attached hydrogen (secondary N) is 1. The molecular weight excluding hydrogens is 162 g/mol. The van der Waals surface area contributed by atoms with Gasteiger partial charge >= 0.3 is 0 Å². The number of hydroxylamine groups is 1. The predicted molar refractivity (Wildman–Crippen MR) is 55.4 cm³/mol. The second-order valence-electron chi connectivity index (χ2n) is 4.40. The monoisotopic (exact) mass is 185 g/mol. The average Bonchev–Trinajstić information content (AvgIpc) is 2.57. The van der Waals surface area contributed by atoms with Gasteiger partial charge in [0.25, 0.3) is 0 Å². The summed E-state index contributed by atoms with van der Waals surface area (Å²) in [5, 5.41) is 0. The van der Waals surface area contributed by atoms with E-state index in [-0.39, 0.29) is 0 Å². The van der Waals surface area contributed by atoms with Gasteiger partial charge in [-0.3, -0.25) is 4.84 Å². The van der Waals surface area contributed by atoms with Crippen LogP contribution in [-0.2, 0) is 4.84 Å². The molecule has 2 heteroatoms. The zero-order valence-corrected chi connectivity index (χ0v) is 9.18. The van der Waals surface area contributed by atoms with E-state index in [1.807, 2.05) is 0 Å². The van der Waals surface area contributed by atoms with Crippen molar-refractivity contribution < 1.29 is 4.84 Å². The van der Waals surface area contributed by atoms with Crippen LogP contribution in [0.25, 0.3) is 0 Å². The van der Waals surface area contributed by atoms with Crippen LogP contribution in [0.2, 0.25) is 0 Å². The Labute approximate surface area is 82.0 Å². The number of hydrogen-bond donors (Lipinski definition) is 1. The van der Waals surface area contributed by atoms with E-state index in [2.05, 4.69) is 26.3 Å². The Morgan fingerprint density at radius 3 is 2.38 bits per heavy atom. The van der Waals surface area contributed by atoms with Gasteiger partial charge in [-0.1, -0.05) is 33.6 Å². The smallest absolute Gasteiger partial charge is 0.0790 e. The topological polar surface area (TPSA) is 21.3 Å². The zero-order chi connectivity index (χ0) is 9.68. The molecule has 0 radical (unpaired) electrons. The Bertz CT molecular complexity index is 130. The highest BCUT2D eigenvalue weighted by Gasteiger charge is 2.18. The lowest BCUT2D eigenvalue weighted by atomic mass is 10.0. The Balaban J connectivity index is 2.15. The third kappa shape index (κ3) is 3.65. The summed E-state index contributed by atoms with van der Waals surface area (Å²) in [6.07, 6.45) is 6.77. The molecule has 0 heterocycles. The maximum atomic E-state index is 5.67. The maximum Gasteiger partial charge on any atom is 0.0790 e. The molecule has 0 aliphatic heterocycles. The lowest BCUT2D eigenvalue weighted by molar-refractivity contribution is -0.0486. The van der Waals surface area contributed by atoms with Crippen LogP contribution in [0.5, 0.6) is 0 Å². The minimum atomic E-state index is 0.479. The summed E-state index contributed by atoms with van der Waals surface area (Å²) >= 11 is 0. The molecule has 1 N–H and O–H groups in total. The fourth-order valence-corrected chi connectivity index (χ4v) is 1.88. The Kier molecular flexibility index (Phi) is 4.74. The molecular formula is C11H23NO. The van der Waals surface area contributed by atoms with Crippen LogP contribution in [0.1, 0.15) is 52.9 Å². The van der Waals surface area contributed by atoms with Crippen LogP contribution in [0.15, 0.2) is 0 Å². The van der Waals surface area contributed by atoms with Crippen LogP contribution < -0.4 is 5.48 Å². The van der Waals surface area contributed by atoms with Crippen LogP contribution in [-0.4, -0.2) is 12.1 Å². The molecule has 0 amide bonds. The van der Waals surface area contributed by atoms with Gasteiger partial charge in [-0.05, 0) is 25.2 Å². The number of hydrogen-bond acceptors (Lipinski definition) is 2. The fraction of sp³-hybridized carbons (Fsp3) is 1.00. The minimum Gasteiger partial charge on any atom is -0.298 e. The fourth-order valence-electron chi connectivity index (χ4n) is 1.88. The summed E-state index contributed by atoms with van der Waals surface area (Å²) in [7, 11) is 0. The highest BCUT2D eigenvalue weighted by Crippen LogP contribution is 2.20. The van der Waals surface area contributed by atoms with Gasteiger partial charge in [0.1, 0.15) is 0 Å². The van der Waals surface area contributed by atoms with E-state index in [0.29, 0.717) is 18.1 Å². The molecule has 1 atom stereocenters. The quantitative estimate of drug-likeness (QED) is 0.665. The predicted octanol–water partition coefficient (Wildman–Crippen LogP) is 2.88. The van der Waals surface area contributed by atoms with Gasteiger partial charge in [0.05, 0.1) is 6.10 Å². The minimum absolute atomic E-state index is 0.479. The van der Waals surface area contributed by atoms with Crippen molar-refractivity contribution in [1.82, 2.24) is 5.48 Å². The molecule has 13 heavy (non-hydrogen) atoms. The molecule has 2 nitrogen and oxygen atoms in total. The standard InChI is InChI=1S/C11H23NO/c1-4-11(9(2)3)12-13-10-7-5-6-8-10/h9-12H,4-8H2,1-3H3. The summed E-state index contributed by atoms with van der Waals surface area (Å²) in [6.45, 7) is 6.67. The van der Waals surface area contributed by atoms with E-state index in [1.165, 1.54) is 25.7 Å². The van der Waals surface area contributed by atoms with Crippen LogP contribution in [0.3, 0.4) is 0 Å². The summed E-state index contributed by atoms with van der Waals surface area (Å²) in [6, 6.07) is 0.514. The Morgan fingerprint density at radius 1 is 1.31 bits per heavy atom. The lowest BCUT2D eigenvalue weighted by Gasteiger charge is -2.22. The Hall–Kier alpha value is -0.0800. The molecule has 1 aliphatic rings. The molecule has 0 bridgehead atoms. The second-order valence-corrected chi connectivity index (χ2v) is 4.40. The first-order chi connectivity index (χ1) is 6.24. The van der Waals surface area contributed by atoms with Gasteiger partial charge in [-0.25, -0.2) is 0 Å². The zero-order valence-electron chi connectivity index (χ0n) is 9.18. The van der Waals surface area contributed by atoms with E-state index in [9.17, 15) is 0 Å². The highest BCUT2D eigenvalue weighted by atomic mass is 16.7. The van der Waals surface area contributed by atoms with Crippen molar-refractivity contribution in [3.63, 3.8) is 0 Å². The van der Waals surface area contributed by atoms with Gasteiger partial charge in [0.15, 0.2) is 0 Å². The SMILES string of the molecule is CCC(NOC1CCCC1)C(C)C. The van der Waals surface area contributed by atoms with E-state index in [1.54, 1.807) is 0 Å². The third-order valence-corrected chi connectivity index (χ3v) is 2.93. The summed E-state index contributed by atoms with van der Waals surface area (Å²) in [5.74, 6) is 0.659. The van der Waals surface area contributed by atoms with Crippen molar-refractivity contribution in [2.45, 2.75) is 65.0 Å². The summed E-state index contributed by atoms with van der Waals surface area (Å²) in [5.41, 5.74) is 3.21. The maximum absolute atomic E-state index is 5.67. The van der Waals surface area contributed by atoms with Gasteiger partial charge < -0.3 is 0 Å². The molecule has 1 saturated carbocycles. The first-order valence-electron chi connectivity index (χ1n) is 5.65. The summed E-state index contributed by atoms with van der Waals surface area (Å²) < 4.78 is 0. The highest BCUT2D eigenvalue weighted by molar-refractivity contribution is 4.68. The second kappa shape index (κ2) is 5.61. The first-order valence-corrected chi connectivity index (χ1v) is 5.65. The van der Waals surface area contributed by atoms with Gasteiger partial charge in [0.2, 0.25) is 0 Å². The van der Waals surface area contributed by atoms with Crippen molar-refractivity contribution in [3.8, 4) is 0 Å². The third-order valence-electron chi connectivity index (χ3n) is 2.93. The molecule has 0 saturated heterocycles. The molecule has 1 aliphatic carbocycles. The van der Waals surface area contributed by atoms with E-state index >= 15 is 0 Å². The molecule has 78 valence electrons. The van der Waals surface area contributed by atoms with E-state index in [0.717, 1.165) is 6.42 Å². The van der Waals surface area contributed by atoms with E-state index in [4.69, 9.17) is 4.84 Å². The van der Waals surface area contributed by atoms with E-state index < -0.39 is 0 Å². The largest absolute Gasteiger partial charge is 0.298 e. The van der Waals surface area contributed by atoms with Crippen molar-refractivity contribution in [2.24, 2.45) is 5.92 Å². The molecule has 0 spiro atoms. The molecule has 0 aromatic rings. The van der Waals surface area contributed by atoms with Crippen LogP contribution in [0.4, 0.5) is 0 Å². The first kappa shape index (κ1) is 11.0. The van der Waals surface area contributed by atoms with Gasteiger partial charge in [0, 0.05) is 6.04 Å². The van der Waals surface area contributed by atoms with Gasteiger partial charge in [-0.2, -0.15) is 5.48 Å². The van der Waals surface area contributed by atoms with Crippen LogP contribution in [0, 0.1) is 5.92 Å². The van der Waals surface area contributed by atoms with Crippen LogP contribution >= 0.6 is 0 Å².